The molecule has 0 aliphatic carbocycles. The summed E-state index contributed by atoms with van der Waals surface area (Å²) < 4.78 is 1.65. The molecule has 20 heavy (non-hydrogen) atoms. The van der Waals surface area contributed by atoms with Gasteiger partial charge in [-0.2, -0.15) is 5.10 Å². The summed E-state index contributed by atoms with van der Waals surface area (Å²) >= 11 is 0. The number of benzene rings is 1. The standard InChI is InChI=1S/C15H20N4O/c1-4-16-9-12-7-5-6-8-14(12)17-15(20)13-10-19(3)18-11(13)2/h5-8,10,16H,4,9H2,1-3H3,(H,17,20). The van der Waals surface area contributed by atoms with E-state index in [2.05, 4.69) is 22.7 Å². The molecule has 0 unspecified atom stereocenters. The zero-order valence-corrected chi connectivity index (χ0v) is 12.1. The number of anilines is 1. The summed E-state index contributed by atoms with van der Waals surface area (Å²) in [5.74, 6) is -0.125. The lowest BCUT2D eigenvalue weighted by molar-refractivity contribution is 0.102. The molecule has 1 heterocycles. The van der Waals surface area contributed by atoms with Gasteiger partial charge in [-0.25, -0.2) is 0 Å². The normalized spacial score (nSPS) is 10.6. The third kappa shape index (κ3) is 3.24. The summed E-state index contributed by atoms with van der Waals surface area (Å²) in [5.41, 5.74) is 3.24. The Labute approximate surface area is 119 Å². The fraction of sp³-hybridized carbons (Fsp3) is 0.333. The van der Waals surface area contributed by atoms with Gasteiger partial charge in [-0.3, -0.25) is 9.48 Å². The molecule has 106 valence electrons. The van der Waals surface area contributed by atoms with Crippen LogP contribution in [0, 0.1) is 6.92 Å². The molecule has 2 rings (SSSR count). The maximum atomic E-state index is 12.3. The summed E-state index contributed by atoms with van der Waals surface area (Å²) in [5, 5.41) is 10.4. The molecule has 2 aromatic rings. The van der Waals surface area contributed by atoms with E-state index in [0.717, 1.165) is 30.0 Å². The molecule has 1 amide bonds. The Morgan fingerprint density at radius 1 is 1.35 bits per heavy atom. The van der Waals surface area contributed by atoms with Crippen molar-refractivity contribution in [3.63, 3.8) is 0 Å². The molecule has 1 aromatic heterocycles. The van der Waals surface area contributed by atoms with Crippen LogP contribution in [-0.2, 0) is 13.6 Å². The Hall–Kier alpha value is -2.14. The fourth-order valence-corrected chi connectivity index (χ4v) is 2.07. The predicted molar refractivity (Wildman–Crippen MR) is 79.7 cm³/mol. The fourth-order valence-electron chi connectivity index (χ4n) is 2.07. The van der Waals surface area contributed by atoms with Crippen molar-refractivity contribution >= 4 is 11.6 Å². The molecule has 1 aromatic carbocycles. The lowest BCUT2D eigenvalue weighted by Crippen LogP contribution is -2.17. The van der Waals surface area contributed by atoms with Gasteiger partial charge in [0.25, 0.3) is 5.91 Å². The van der Waals surface area contributed by atoms with Gasteiger partial charge < -0.3 is 10.6 Å². The monoisotopic (exact) mass is 272 g/mol. The van der Waals surface area contributed by atoms with E-state index in [-0.39, 0.29) is 5.91 Å². The first kappa shape index (κ1) is 14.3. The Kier molecular flexibility index (Phi) is 4.53. The number of amides is 1. The second-order valence-electron chi connectivity index (χ2n) is 4.69. The third-order valence-corrected chi connectivity index (χ3v) is 3.09. The van der Waals surface area contributed by atoms with Crippen molar-refractivity contribution in [2.75, 3.05) is 11.9 Å². The lowest BCUT2D eigenvalue weighted by Gasteiger charge is -2.11. The van der Waals surface area contributed by atoms with E-state index >= 15 is 0 Å². The van der Waals surface area contributed by atoms with Crippen molar-refractivity contribution in [2.24, 2.45) is 7.05 Å². The quantitative estimate of drug-likeness (QED) is 0.876. The Balaban J connectivity index is 2.17. The summed E-state index contributed by atoms with van der Waals surface area (Å²) in [7, 11) is 1.81. The molecule has 0 fully saturated rings. The zero-order valence-electron chi connectivity index (χ0n) is 12.1. The second-order valence-corrected chi connectivity index (χ2v) is 4.69. The van der Waals surface area contributed by atoms with Crippen molar-refractivity contribution in [1.29, 1.82) is 0 Å². The van der Waals surface area contributed by atoms with Crippen LogP contribution in [0.3, 0.4) is 0 Å². The first-order chi connectivity index (χ1) is 9.61. The molecular formula is C15H20N4O. The third-order valence-electron chi connectivity index (χ3n) is 3.09. The highest BCUT2D eigenvalue weighted by atomic mass is 16.1. The zero-order chi connectivity index (χ0) is 14.5. The molecule has 0 radical (unpaired) electrons. The molecule has 0 atom stereocenters. The number of nitrogens with one attached hydrogen (secondary N) is 2. The van der Waals surface area contributed by atoms with Crippen LogP contribution in [0.2, 0.25) is 0 Å². The number of aryl methyl sites for hydroxylation is 2. The molecule has 0 spiro atoms. The summed E-state index contributed by atoms with van der Waals surface area (Å²) in [6, 6.07) is 7.81. The van der Waals surface area contributed by atoms with Crippen LogP contribution in [0.1, 0.15) is 28.5 Å². The lowest BCUT2D eigenvalue weighted by atomic mass is 10.1. The van der Waals surface area contributed by atoms with Crippen LogP contribution < -0.4 is 10.6 Å². The predicted octanol–water partition coefficient (Wildman–Crippen LogP) is 2.09. The molecule has 5 nitrogen and oxygen atoms in total. The van der Waals surface area contributed by atoms with Gasteiger partial charge >= 0.3 is 0 Å². The Morgan fingerprint density at radius 2 is 2.10 bits per heavy atom. The molecule has 0 bridgehead atoms. The first-order valence-electron chi connectivity index (χ1n) is 6.72. The van der Waals surface area contributed by atoms with E-state index in [1.54, 1.807) is 10.9 Å². The van der Waals surface area contributed by atoms with E-state index in [9.17, 15) is 4.79 Å². The topological polar surface area (TPSA) is 58.9 Å². The number of hydrogen-bond acceptors (Lipinski definition) is 3. The van der Waals surface area contributed by atoms with Gasteiger partial charge in [-0.05, 0) is 25.1 Å². The van der Waals surface area contributed by atoms with E-state index in [1.807, 2.05) is 38.2 Å². The molecule has 0 saturated carbocycles. The number of rotatable bonds is 5. The number of aromatic nitrogens is 2. The van der Waals surface area contributed by atoms with Gasteiger partial charge in [-0.15, -0.1) is 0 Å². The highest BCUT2D eigenvalue weighted by Gasteiger charge is 2.13. The average Bonchev–Trinajstić information content (AvgIpc) is 2.77. The van der Waals surface area contributed by atoms with Crippen LogP contribution in [0.25, 0.3) is 0 Å². The van der Waals surface area contributed by atoms with Gasteiger partial charge in [0.2, 0.25) is 0 Å². The van der Waals surface area contributed by atoms with Crippen LogP contribution in [0.15, 0.2) is 30.5 Å². The van der Waals surface area contributed by atoms with Gasteiger partial charge in [0, 0.05) is 25.5 Å². The van der Waals surface area contributed by atoms with E-state index in [4.69, 9.17) is 0 Å². The first-order valence-corrected chi connectivity index (χ1v) is 6.72. The molecule has 2 N–H and O–H groups in total. The minimum absolute atomic E-state index is 0.125. The van der Waals surface area contributed by atoms with Crippen molar-refractivity contribution in [1.82, 2.24) is 15.1 Å². The van der Waals surface area contributed by atoms with E-state index in [0.29, 0.717) is 5.56 Å². The van der Waals surface area contributed by atoms with Crippen molar-refractivity contribution in [2.45, 2.75) is 20.4 Å². The van der Waals surface area contributed by atoms with Crippen LogP contribution in [0.5, 0.6) is 0 Å². The number of carbonyl (C=O) groups excluding carboxylic acids is 1. The van der Waals surface area contributed by atoms with Crippen molar-refractivity contribution < 1.29 is 4.79 Å². The maximum Gasteiger partial charge on any atom is 0.259 e. The molecular weight excluding hydrogens is 252 g/mol. The van der Waals surface area contributed by atoms with Crippen LogP contribution in [0.4, 0.5) is 5.69 Å². The maximum absolute atomic E-state index is 12.3. The Bertz CT molecular complexity index is 604. The number of carbonyl (C=O) groups is 1. The molecule has 0 aliphatic heterocycles. The smallest absolute Gasteiger partial charge is 0.259 e. The van der Waals surface area contributed by atoms with Gasteiger partial charge in [0.1, 0.15) is 0 Å². The Morgan fingerprint density at radius 3 is 2.75 bits per heavy atom. The van der Waals surface area contributed by atoms with Gasteiger partial charge in [0.05, 0.1) is 11.3 Å². The molecule has 0 aliphatic rings. The van der Waals surface area contributed by atoms with Gasteiger partial charge in [0.15, 0.2) is 0 Å². The van der Waals surface area contributed by atoms with E-state index < -0.39 is 0 Å². The SMILES string of the molecule is CCNCc1ccccc1NC(=O)c1cn(C)nc1C. The minimum Gasteiger partial charge on any atom is -0.322 e. The number of nitrogens with zero attached hydrogens (tertiary/aromatic N) is 2. The number of para-hydroxylation sites is 1. The average molecular weight is 272 g/mol. The highest BCUT2D eigenvalue weighted by molar-refractivity contribution is 6.05. The molecule has 5 heteroatoms. The number of hydrogen-bond donors (Lipinski definition) is 2. The summed E-state index contributed by atoms with van der Waals surface area (Å²) in [4.78, 5) is 12.3. The van der Waals surface area contributed by atoms with E-state index in [1.165, 1.54) is 0 Å². The largest absolute Gasteiger partial charge is 0.322 e. The summed E-state index contributed by atoms with van der Waals surface area (Å²) in [6.07, 6.45) is 1.73. The van der Waals surface area contributed by atoms with Crippen LogP contribution in [-0.4, -0.2) is 22.2 Å². The van der Waals surface area contributed by atoms with Gasteiger partial charge in [-0.1, -0.05) is 25.1 Å². The summed E-state index contributed by atoms with van der Waals surface area (Å²) in [6.45, 7) is 5.52. The highest BCUT2D eigenvalue weighted by Crippen LogP contribution is 2.16. The second kappa shape index (κ2) is 6.34. The van der Waals surface area contributed by atoms with Crippen LogP contribution >= 0.6 is 0 Å². The van der Waals surface area contributed by atoms with Crippen molar-refractivity contribution in [3.05, 3.63) is 47.3 Å². The van der Waals surface area contributed by atoms with Crippen molar-refractivity contribution in [3.8, 4) is 0 Å². The molecule has 0 saturated heterocycles. The minimum atomic E-state index is -0.125.